The number of hydrogen-bond acceptors (Lipinski definition) is 4. The second kappa shape index (κ2) is 9.53. The normalized spacial score (nSPS) is 10.7. The van der Waals surface area contributed by atoms with Crippen LogP contribution in [0.25, 0.3) is 0 Å². The minimum atomic E-state index is -0.224. The molecule has 106 valence electrons. The van der Waals surface area contributed by atoms with Crippen LogP contribution in [0.4, 0.5) is 0 Å². The Bertz CT molecular complexity index is 354. The maximum Gasteiger partial charge on any atom is 0.320 e. The Morgan fingerprint density at radius 2 is 2.05 bits per heavy atom. The quantitative estimate of drug-likeness (QED) is 0.546. The minimum absolute atomic E-state index is 0.0368. The van der Waals surface area contributed by atoms with E-state index < -0.39 is 0 Å². The lowest BCUT2D eigenvalue weighted by molar-refractivity contribution is -0.145. The maximum atomic E-state index is 11.6. The molecule has 1 N–H and O–H groups in total. The van der Waals surface area contributed by atoms with Gasteiger partial charge in [0.1, 0.15) is 0 Å². The molecular formula is C15H23NO3. The van der Waals surface area contributed by atoms with E-state index in [1.165, 1.54) is 0 Å². The maximum absolute atomic E-state index is 11.6. The number of nitrogens with zero attached hydrogens (tertiary/aromatic N) is 1. The number of aliphatic hydroxyl groups excluding tert-OH is 1. The number of carbonyl (C=O) groups is 1. The summed E-state index contributed by atoms with van der Waals surface area (Å²) >= 11 is 0. The summed E-state index contributed by atoms with van der Waals surface area (Å²) in [5.74, 6) is -0.224. The van der Waals surface area contributed by atoms with Gasteiger partial charge in [0.2, 0.25) is 0 Å². The number of aliphatic hydroxyl groups is 1. The van der Waals surface area contributed by atoms with Crippen molar-refractivity contribution in [3.63, 3.8) is 0 Å². The molecule has 1 rings (SSSR count). The first kappa shape index (κ1) is 15.7. The highest BCUT2D eigenvalue weighted by Gasteiger charge is 2.11. The molecule has 4 heteroatoms. The standard InChI is InChI=1S/C15H23NO3/c1-2-3-11-19-15(18)13-16(9-10-17)12-14-7-5-4-6-8-14/h4-8,17H,2-3,9-13H2,1H3. The van der Waals surface area contributed by atoms with E-state index in [-0.39, 0.29) is 19.1 Å². The van der Waals surface area contributed by atoms with Gasteiger partial charge >= 0.3 is 5.97 Å². The number of rotatable bonds is 9. The van der Waals surface area contributed by atoms with Crippen LogP contribution in [-0.4, -0.2) is 42.3 Å². The third-order valence-corrected chi connectivity index (χ3v) is 2.78. The van der Waals surface area contributed by atoms with Crippen LogP contribution < -0.4 is 0 Å². The zero-order chi connectivity index (χ0) is 13.9. The van der Waals surface area contributed by atoms with Gasteiger partial charge < -0.3 is 9.84 Å². The Morgan fingerprint density at radius 1 is 1.32 bits per heavy atom. The molecule has 19 heavy (non-hydrogen) atoms. The third-order valence-electron chi connectivity index (χ3n) is 2.78. The summed E-state index contributed by atoms with van der Waals surface area (Å²) in [7, 11) is 0. The van der Waals surface area contributed by atoms with E-state index in [2.05, 4.69) is 6.92 Å². The number of benzene rings is 1. The molecule has 0 spiro atoms. The van der Waals surface area contributed by atoms with Crippen LogP contribution in [-0.2, 0) is 16.1 Å². The predicted octanol–water partition coefficient (Wildman–Crippen LogP) is 1.82. The summed E-state index contributed by atoms with van der Waals surface area (Å²) < 4.78 is 5.13. The van der Waals surface area contributed by atoms with E-state index in [0.29, 0.717) is 19.7 Å². The summed E-state index contributed by atoms with van der Waals surface area (Å²) in [5.41, 5.74) is 1.12. The zero-order valence-electron chi connectivity index (χ0n) is 11.5. The SMILES string of the molecule is CCCCOC(=O)CN(CCO)Cc1ccccc1. The van der Waals surface area contributed by atoms with Gasteiger partial charge in [0, 0.05) is 13.1 Å². The number of ether oxygens (including phenoxy) is 1. The van der Waals surface area contributed by atoms with Crippen molar-refractivity contribution in [2.24, 2.45) is 0 Å². The van der Waals surface area contributed by atoms with Gasteiger partial charge in [0.15, 0.2) is 0 Å². The number of esters is 1. The fourth-order valence-electron chi connectivity index (χ4n) is 1.76. The predicted molar refractivity (Wildman–Crippen MR) is 74.7 cm³/mol. The average molecular weight is 265 g/mol. The van der Waals surface area contributed by atoms with E-state index in [1.54, 1.807) is 0 Å². The Balaban J connectivity index is 2.41. The fourth-order valence-corrected chi connectivity index (χ4v) is 1.76. The topological polar surface area (TPSA) is 49.8 Å². The Morgan fingerprint density at radius 3 is 2.68 bits per heavy atom. The van der Waals surface area contributed by atoms with Crippen LogP contribution in [0.1, 0.15) is 25.3 Å². The van der Waals surface area contributed by atoms with Gasteiger partial charge in [0.05, 0.1) is 19.8 Å². The van der Waals surface area contributed by atoms with Crippen LogP contribution in [0.5, 0.6) is 0 Å². The molecule has 0 aliphatic heterocycles. The molecule has 0 radical (unpaired) electrons. The van der Waals surface area contributed by atoms with Gasteiger partial charge in [-0.15, -0.1) is 0 Å². The molecule has 0 bridgehead atoms. The monoisotopic (exact) mass is 265 g/mol. The van der Waals surface area contributed by atoms with E-state index >= 15 is 0 Å². The molecule has 4 nitrogen and oxygen atoms in total. The van der Waals surface area contributed by atoms with Crippen molar-refractivity contribution < 1.29 is 14.6 Å². The molecular weight excluding hydrogens is 242 g/mol. The van der Waals surface area contributed by atoms with Crippen molar-refractivity contribution in [1.29, 1.82) is 0 Å². The van der Waals surface area contributed by atoms with Gasteiger partial charge in [0.25, 0.3) is 0 Å². The Labute approximate surface area is 115 Å². The van der Waals surface area contributed by atoms with Gasteiger partial charge in [-0.2, -0.15) is 0 Å². The molecule has 1 aromatic rings. The highest BCUT2D eigenvalue weighted by molar-refractivity contribution is 5.71. The molecule has 0 heterocycles. The molecule has 0 saturated carbocycles. The second-order valence-electron chi connectivity index (χ2n) is 4.49. The molecule has 0 aliphatic carbocycles. The summed E-state index contributed by atoms with van der Waals surface area (Å²) in [6.45, 7) is 3.91. The van der Waals surface area contributed by atoms with Crippen molar-refractivity contribution in [2.45, 2.75) is 26.3 Å². The van der Waals surface area contributed by atoms with Crippen molar-refractivity contribution in [3.05, 3.63) is 35.9 Å². The highest BCUT2D eigenvalue weighted by atomic mass is 16.5. The first-order chi connectivity index (χ1) is 9.26. The number of unbranched alkanes of at least 4 members (excludes halogenated alkanes) is 1. The molecule has 0 saturated heterocycles. The van der Waals surface area contributed by atoms with Crippen molar-refractivity contribution in [2.75, 3.05) is 26.3 Å². The van der Waals surface area contributed by atoms with Gasteiger partial charge in [-0.05, 0) is 12.0 Å². The second-order valence-corrected chi connectivity index (χ2v) is 4.49. The largest absolute Gasteiger partial charge is 0.465 e. The van der Waals surface area contributed by atoms with Crippen LogP contribution in [0.15, 0.2) is 30.3 Å². The number of carbonyl (C=O) groups excluding carboxylic acids is 1. The molecule has 0 aliphatic rings. The molecule has 0 atom stereocenters. The Kier molecular flexibility index (Phi) is 7.86. The minimum Gasteiger partial charge on any atom is -0.465 e. The van der Waals surface area contributed by atoms with Crippen molar-refractivity contribution in [1.82, 2.24) is 4.90 Å². The third kappa shape index (κ3) is 6.94. The van der Waals surface area contributed by atoms with Gasteiger partial charge in [-0.3, -0.25) is 9.69 Å². The first-order valence-electron chi connectivity index (χ1n) is 6.79. The van der Waals surface area contributed by atoms with Crippen LogP contribution in [0.2, 0.25) is 0 Å². The molecule has 0 amide bonds. The lowest BCUT2D eigenvalue weighted by Gasteiger charge is -2.20. The average Bonchev–Trinajstić information content (AvgIpc) is 2.40. The van der Waals surface area contributed by atoms with Gasteiger partial charge in [-0.1, -0.05) is 43.7 Å². The fraction of sp³-hybridized carbons (Fsp3) is 0.533. The zero-order valence-corrected chi connectivity index (χ0v) is 11.5. The first-order valence-corrected chi connectivity index (χ1v) is 6.79. The van der Waals surface area contributed by atoms with Crippen LogP contribution >= 0.6 is 0 Å². The smallest absolute Gasteiger partial charge is 0.320 e. The van der Waals surface area contributed by atoms with E-state index in [0.717, 1.165) is 18.4 Å². The van der Waals surface area contributed by atoms with E-state index in [1.807, 2.05) is 35.2 Å². The molecule has 1 aromatic carbocycles. The molecule has 0 unspecified atom stereocenters. The Hall–Kier alpha value is -1.39. The van der Waals surface area contributed by atoms with Gasteiger partial charge in [-0.25, -0.2) is 0 Å². The van der Waals surface area contributed by atoms with Crippen molar-refractivity contribution >= 4 is 5.97 Å². The summed E-state index contributed by atoms with van der Waals surface area (Å²) in [6.07, 6.45) is 1.90. The molecule has 0 aromatic heterocycles. The van der Waals surface area contributed by atoms with E-state index in [4.69, 9.17) is 9.84 Å². The lowest BCUT2D eigenvalue weighted by Crippen LogP contribution is -2.33. The summed E-state index contributed by atoms with van der Waals surface area (Å²) in [5, 5.41) is 9.05. The lowest BCUT2D eigenvalue weighted by atomic mass is 10.2. The number of hydrogen-bond donors (Lipinski definition) is 1. The van der Waals surface area contributed by atoms with Crippen molar-refractivity contribution in [3.8, 4) is 0 Å². The van der Waals surface area contributed by atoms with Crippen LogP contribution in [0, 0.1) is 0 Å². The summed E-state index contributed by atoms with van der Waals surface area (Å²) in [6, 6.07) is 9.90. The van der Waals surface area contributed by atoms with Crippen LogP contribution in [0.3, 0.4) is 0 Å². The van der Waals surface area contributed by atoms with E-state index in [9.17, 15) is 4.79 Å². The highest BCUT2D eigenvalue weighted by Crippen LogP contribution is 2.04. The molecule has 0 fully saturated rings. The summed E-state index contributed by atoms with van der Waals surface area (Å²) in [4.78, 5) is 13.5.